The van der Waals surface area contributed by atoms with Gasteiger partial charge < -0.3 is 18.8 Å². The standard InChI is InChI=1S/C25H25NO5/c1-3-15-30-18-12-10-17(11-13-18)22-21-23(27)19-8-5-6-9-20(19)31-24(21)25(28)26(22)14-7-16-29-4-2/h3,5-6,8-13,22H,1,4,7,14-16H2,2H3. The van der Waals surface area contributed by atoms with Crippen molar-refractivity contribution in [3.8, 4) is 5.75 Å². The minimum Gasteiger partial charge on any atom is -0.490 e. The van der Waals surface area contributed by atoms with E-state index in [9.17, 15) is 9.59 Å². The molecular weight excluding hydrogens is 394 g/mol. The van der Waals surface area contributed by atoms with Crippen molar-refractivity contribution in [3.63, 3.8) is 0 Å². The van der Waals surface area contributed by atoms with Gasteiger partial charge in [-0.2, -0.15) is 0 Å². The van der Waals surface area contributed by atoms with E-state index >= 15 is 0 Å². The summed E-state index contributed by atoms with van der Waals surface area (Å²) in [5.41, 5.74) is 1.47. The van der Waals surface area contributed by atoms with Gasteiger partial charge in [0, 0.05) is 19.8 Å². The van der Waals surface area contributed by atoms with E-state index in [0.717, 1.165) is 5.56 Å². The Hall–Kier alpha value is -3.38. The van der Waals surface area contributed by atoms with Crippen molar-refractivity contribution in [1.29, 1.82) is 0 Å². The SMILES string of the molecule is C=CCOc1ccc(C2c3c(oc4ccccc4c3=O)C(=O)N2CCCOCC)cc1. The third-order valence-electron chi connectivity index (χ3n) is 5.33. The molecule has 0 spiro atoms. The fourth-order valence-electron chi connectivity index (χ4n) is 3.93. The van der Waals surface area contributed by atoms with Gasteiger partial charge in [-0.1, -0.05) is 36.9 Å². The van der Waals surface area contributed by atoms with Crippen LogP contribution in [-0.2, 0) is 4.74 Å². The zero-order chi connectivity index (χ0) is 21.8. The normalized spacial score (nSPS) is 15.3. The summed E-state index contributed by atoms with van der Waals surface area (Å²) in [6.07, 6.45) is 2.34. The second-order valence-electron chi connectivity index (χ2n) is 7.29. The Labute approximate surface area is 180 Å². The first-order chi connectivity index (χ1) is 15.2. The van der Waals surface area contributed by atoms with Crippen LogP contribution < -0.4 is 10.2 Å². The number of rotatable bonds is 9. The first-order valence-electron chi connectivity index (χ1n) is 10.4. The van der Waals surface area contributed by atoms with Crippen LogP contribution >= 0.6 is 0 Å². The van der Waals surface area contributed by atoms with E-state index < -0.39 is 6.04 Å². The first-order valence-corrected chi connectivity index (χ1v) is 10.4. The number of fused-ring (bicyclic) bond motifs is 2. The number of nitrogens with zero attached hydrogens (tertiary/aromatic N) is 1. The Morgan fingerprint density at radius 1 is 1.13 bits per heavy atom. The molecule has 1 atom stereocenters. The Morgan fingerprint density at radius 3 is 2.65 bits per heavy atom. The fraction of sp³-hybridized carbons (Fsp3) is 0.280. The Balaban J connectivity index is 1.77. The molecule has 0 radical (unpaired) electrons. The van der Waals surface area contributed by atoms with Gasteiger partial charge in [-0.3, -0.25) is 9.59 Å². The van der Waals surface area contributed by atoms with Crippen molar-refractivity contribution in [1.82, 2.24) is 4.90 Å². The van der Waals surface area contributed by atoms with Crippen LogP contribution in [0.15, 0.2) is 70.4 Å². The second kappa shape index (κ2) is 9.18. The van der Waals surface area contributed by atoms with Crippen molar-refractivity contribution in [3.05, 3.63) is 88.3 Å². The van der Waals surface area contributed by atoms with Gasteiger partial charge in [0.2, 0.25) is 5.76 Å². The lowest BCUT2D eigenvalue weighted by atomic mass is 9.98. The molecule has 0 aliphatic carbocycles. The molecular formula is C25H25NO5. The molecule has 6 nitrogen and oxygen atoms in total. The molecule has 31 heavy (non-hydrogen) atoms. The molecule has 2 aromatic carbocycles. The second-order valence-corrected chi connectivity index (χ2v) is 7.29. The van der Waals surface area contributed by atoms with Gasteiger partial charge in [0.25, 0.3) is 5.91 Å². The summed E-state index contributed by atoms with van der Waals surface area (Å²) < 4.78 is 16.9. The summed E-state index contributed by atoms with van der Waals surface area (Å²) in [6, 6.07) is 13.9. The van der Waals surface area contributed by atoms with Crippen LogP contribution in [0.2, 0.25) is 0 Å². The van der Waals surface area contributed by atoms with Crippen molar-refractivity contribution in [2.75, 3.05) is 26.4 Å². The summed E-state index contributed by atoms with van der Waals surface area (Å²) >= 11 is 0. The molecule has 1 unspecified atom stereocenters. The van der Waals surface area contributed by atoms with Crippen molar-refractivity contribution in [2.45, 2.75) is 19.4 Å². The minimum absolute atomic E-state index is 0.122. The van der Waals surface area contributed by atoms with E-state index in [0.29, 0.717) is 55.1 Å². The summed E-state index contributed by atoms with van der Waals surface area (Å²) in [4.78, 5) is 28.3. The predicted octanol–water partition coefficient (Wildman–Crippen LogP) is 4.33. The van der Waals surface area contributed by atoms with Gasteiger partial charge in [0.1, 0.15) is 17.9 Å². The van der Waals surface area contributed by atoms with Gasteiger partial charge in [-0.25, -0.2) is 0 Å². The fourth-order valence-corrected chi connectivity index (χ4v) is 3.93. The van der Waals surface area contributed by atoms with Crippen LogP contribution in [0.25, 0.3) is 11.0 Å². The van der Waals surface area contributed by atoms with E-state index in [1.54, 1.807) is 35.2 Å². The van der Waals surface area contributed by atoms with Gasteiger partial charge in [0.05, 0.1) is 17.0 Å². The molecule has 0 saturated carbocycles. The molecule has 1 aliphatic heterocycles. The van der Waals surface area contributed by atoms with Crippen LogP contribution in [0.5, 0.6) is 5.75 Å². The number of hydrogen-bond acceptors (Lipinski definition) is 5. The molecule has 1 aliphatic rings. The third kappa shape index (κ3) is 3.99. The Morgan fingerprint density at radius 2 is 1.90 bits per heavy atom. The van der Waals surface area contributed by atoms with Crippen molar-refractivity contribution >= 4 is 16.9 Å². The molecule has 0 fully saturated rings. The molecule has 3 aromatic rings. The lowest BCUT2D eigenvalue weighted by Gasteiger charge is -2.25. The largest absolute Gasteiger partial charge is 0.490 e. The number of ether oxygens (including phenoxy) is 2. The number of hydrogen-bond donors (Lipinski definition) is 0. The van der Waals surface area contributed by atoms with Crippen LogP contribution in [0.3, 0.4) is 0 Å². The highest BCUT2D eigenvalue weighted by Gasteiger charge is 2.42. The maximum Gasteiger partial charge on any atom is 0.290 e. The van der Waals surface area contributed by atoms with Crippen molar-refractivity contribution < 1.29 is 18.7 Å². The number of carbonyl (C=O) groups is 1. The zero-order valence-corrected chi connectivity index (χ0v) is 17.5. The van der Waals surface area contributed by atoms with E-state index in [-0.39, 0.29) is 17.1 Å². The maximum absolute atomic E-state index is 13.4. The van der Waals surface area contributed by atoms with Crippen LogP contribution in [0.1, 0.15) is 41.1 Å². The summed E-state index contributed by atoms with van der Waals surface area (Å²) in [5.74, 6) is 0.546. The predicted molar refractivity (Wildman–Crippen MR) is 119 cm³/mol. The van der Waals surface area contributed by atoms with Crippen LogP contribution in [0.4, 0.5) is 0 Å². The van der Waals surface area contributed by atoms with E-state index in [2.05, 4.69) is 6.58 Å². The quantitative estimate of drug-likeness (QED) is 0.381. The molecule has 0 N–H and O–H groups in total. The van der Waals surface area contributed by atoms with E-state index in [1.807, 2.05) is 31.2 Å². The summed E-state index contributed by atoms with van der Waals surface area (Å²) in [7, 11) is 0. The summed E-state index contributed by atoms with van der Waals surface area (Å²) in [6.45, 7) is 7.61. The number of para-hydroxylation sites is 1. The van der Waals surface area contributed by atoms with Crippen molar-refractivity contribution in [2.24, 2.45) is 0 Å². The molecule has 6 heteroatoms. The highest BCUT2D eigenvalue weighted by atomic mass is 16.5. The topological polar surface area (TPSA) is 69.0 Å². The average molecular weight is 419 g/mol. The third-order valence-corrected chi connectivity index (χ3v) is 5.33. The number of carbonyl (C=O) groups excluding carboxylic acids is 1. The minimum atomic E-state index is -0.515. The monoisotopic (exact) mass is 419 g/mol. The smallest absolute Gasteiger partial charge is 0.290 e. The first kappa shape index (κ1) is 20.9. The molecule has 0 saturated heterocycles. The van der Waals surface area contributed by atoms with Gasteiger partial charge in [-0.15, -0.1) is 0 Å². The Kier molecular flexibility index (Phi) is 6.18. The Bertz CT molecular complexity index is 1150. The molecule has 2 heterocycles. The van der Waals surface area contributed by atoms with E-state index in [4.69, 9.17) is 13.9 Å². The van der Waals surface area contributed by atoms with Gasteiger partial charge in [-0.05, 0) is 43.2 Å². The highest BCUT2D eigenvalue weighted by Crippen LogP contribution is 2.38. The van der Waals surface area contributed by atoms with Gasteiger partial charge >= 0.3 is 0 Å². The molecule has 1 amide bonds. The van der Waals surface area contributed by atoms with Crippen LogP contribution in [0, 0.1) is 0 Å². The number of benzene rings is 2. The zero-order valence-electron chi connectivity index (χ0n) is 17.5. The molecule has 1 aromatic heterocycles. The lowest BCUT2D eigenvalue weighted by molar-refractivity contribution is 0.0696. The van der Waals surface area contributed by atoms with Crippen LogP contribution in [-0.4, -0.2) is 37.2 Å². The average Bonchev–Trinajstić information content (AvgIpc) is 3.08. The lowest BCUT2D eigenvalue weighted by Crippen LogP contribution is -2.31. The number of amides is 1. The maximum atomic E-state index is 13.4. The van der Waals surface area contributed by atoms with E-state index in [1.165, 1.54) is 0 Å². The van der Waals surface area contributed by atoms with Gasteiger partial charge in [0.15, 0.2) is 5.43 Å². The molecule has 4 rings (SSSR count). The molecule has 0 bridgehead atoms. The summed E-state index contributed by atoms with van der Waals surface area (Å²) in [5, 5.41) is 0.473. The highest BCUT2D eigenvalue weighted by molar-refractivity contribution is 5.99. The molecule has 160 valence electrons.